The van der Waals surface area contributed by atoms with Crippen molar-refractivity contribution in [2.24, 2.45) is 0 Å². The van der Waals surface area contributed by atoms with Crippen molar-refractivity contribution < 1.29 is 14.5 Å². The van der Waals surface area contributed by atoms with Crippen molar-refractivity contribution in [1.82, 2.24) is 5.32 Å². The molecule has 7 heteroatoms. The van der Waals surface area contributed by atoms with Crippen LogP contribution >= 0.6 is 0 Å². The third-order valence-electron chi connectivity index (χ3n) is 3.27. The zero-order valence-corrected chi connectivity index (χ0v) is 11.2. The second-order valence-corrected chi connectivity index (χ2v) is 4.64. The highest BCUT2D eigenvalue weighted by atomic mass is 16.6. The van der Waals surface area contributed by atoms with Crippen LogP contribution in [-0.2, 0) is 4.79 Å². The molecule has 0 aliphatic carbocycles. The average Bonchev–Trinajstić information content (AvgIpc) is 2.48. The molecule has 2 rings (SSSR count). The molecule has 0 saturated carbocycles. The number of benzene rings is 1. The molecule has 1 fully saturated rings. The van der Waals surface area contributed by atoms with E-state index in [0.717, 1.165) is 25.8 Å². The normalized spacial score (nSPS) is 18.4. The number of methoxy groups -OCH3 is 1. The van der Waals surface area contributed by atoms with E-state index in [1.807, 2.05) is 0 Å². The van der Waals surface area contributed by atoms with Crippen LogP contribution in [0.25, 0.3) is 0 Å². The molecule has 1 atom stereocenters. The second kappa shape index (κ2) is 6.33. The van der Waals surface area contributed by atoms with Gasteiger partial charge in [-0.1, -0.05) is 6.42 Å². The summed E-state index contributed by atoms with van der Waals surface area (Å²) >= 11 is 0. The van der Waals surface area contributed by atoms with E-state index in [0.29, 0.717) is 5.69 Å². The smallest absolute Gasteiger partial charge is 0.312 e. The molecule has 0 spiro atoms. The number of carbonyl (C=O) groups is 1. The zero-order valence-electron chi connectivity index (χ0n) is 11.2. The third kappa shape index (κ3) is 3.24. The fourth-order valence-corrected chi connectivity index (χ4v) is 2.22. The number of hydrogen-bond acceptors (Lipinski definition) is 5. The Labute approximate surface area is 116 Å². The van der Waals surface area contributed by atoms with Crippen molar-refractivity contribution in [2.75, 3.05) is 19.0 Å². The van der Waals surface area contributed by atoms with Gasteiger partial charge in [-0.2, -0.15) is 0 Å². The van der Waals surface area contributed by atoms with Crippen LogP contribution < -0.4 is 15.4 Å². The second-order valence-electron chi connectivity index (χ2n) is 4.64. The van der Waals surface area contributed by atoms with Gasteiger partial charge in [0, 0.05) is 11.8 Å². The highest BCUT2D eigenvalue weighted by molar-refractivity contribution is 5.95. The molecule has 1 aromatic carbocycles. The van der Waals surface area contributed by atoms with Crippen LogP contribution in [0.5, 0.6) is 5.75 Å². The fraction of sp³-hybridized carbons (Fsp3) is 0.462. The number of nitro groups is 1. The Bertz CT molecular complexity index is 512. The van der Waals surface area contributed by atoms with E-state index in [4.69, 9.17) is 4.74 Å². The molecule has 1 saturated heterocycles. The minimum absolute atomic E-state index is 0.163. The van der Waals surface area contributed by atoms with Gasteiger partial charge in [0.2, 0.25) is 5.91 Å². The van der Waals surface area contributed by atoms with Crippen LogP contribution in [0, 0.1) is 10.1 Å². The summed E-state index contributed by atoms with van der Waals surface area (Å²) in [4.78, 5) is 22.4. The van der Waals surface area contributed by atoms with Crippen molar-refractivity contribution in [3.8, 4) is 5.75 Å². The van der Waals surface area contributed by atoms with E-state index >= 15 is 0 Å². The van der Waals surface area contributed by atoms with Crippen LogP contribution in [-0.4, -0.2) is 30.5 Å². The molecular formula is C13H17N3O4. The van der Waals surface area contributed by atoms with Crippen molar-refractivity contribution in [1.29, 1.82) is 0 Å². The number of nitrogens with one attached hydrogen (secondary N) is 2. The van der Waals surface area contributed by atoms with Gasteiger partial charge in [-0.05, 0) is 31.5 Å². The highest BCUT2D eigenvalue weighted by Gasteiger charge is 2.22. The Kier molecular flexibility index (Phi) is 4.52. The Hall–Kier alpha value is -2.15. The molecule has 1 unspecified atom stereocenters. The lowest BCUT2D eigenvalue weighted by Crippen LogP contribution is -2.43. The lowest BCUT2D eigenvalue weighted by molar-refractivity contribution is -0.385. The van der Waals surface area contributed by atoms with Gasteiger partial charge in [-0.15, -0.1) is 0 Å². The quantitative estimate of drug-likeness (QED) is 0.646. The van der Waals surface area contributed by atoms with Crippen molar-refractivity contribution in [3.63, 3.8) is 0 Å². The summed E-state index contributed by atoms with van der Waals surface area (Å²) in [6.45, 7) is 0.820. The number of piperidine rings is 1. The number of hydrogen-bond donors (Lipinski definition) is 2. The maximum Gasteiger partial charge on any atom is 0.312 e. The van der Waals surface area contributed by atoms with Gasteiger partial charge in [0.1, 0.15) is 0 Å². The lowest BCUT2D eigenvalue weighted by Gasteiger charge is -2.22. The molecule has 7 nitrogen and oxygen atoms in total. The Balaban J connectivity index is 2.10. The number of nitrogens with zero attached hydrogens (tertiary/aromatic N) is 1. The summed E-state index contributed by atoms with van der Waals surface area (Å²) in [5.41, 5.74) is 0.233. The maximum atomic E-state index is 12.0. The Morgan fingerprint density at radius 2 is 2.30 bits per heavy atom. The van der Waals surface area contributed by atoms with E-state index in [2.05, 4.69) is 10.6 Å². The molecule has 1 aliphatic heterocycles. The van der Waals surface area contributed by atoms with Crippen LogP contribution in [0.15, 0.2) is 18.2 Å². The largest absolute Gasteiger partial charge is 0.490 e. The number of rotatable bonds is 4. The summed E-state index contributed by atoms with van der Waals surface area (Å²) in [6.07, 6.45) is 2.86. The molecule has 0 aromatic heterocycles. The van der Waals surface area contributed by atoms with Gasteiger partial charge >= 0.3 is 5.69 Å². The first kappa shape index (κ1) is 14.3. The molecule has 1 aliphatic rings. The van der Waals surface area contributed by atoms with Crippen molar-refractivity contribution >= 4 is 17.3 Å². The summed E-state index contributed by atoms with van der Waals surface area (Å²) in [7, 11) is 1.37. The fourth-order valence-electron chi connectivity index (χ4n) is 2.22. The lowest BCUT2D eigenvalue weighted by atomic mass is 10.0. The molecule has 20 heavy (non-hydrogen) atoms. The maximum absolute atomic E-state index is 12.0. The Morgan fingerprint density at radius 1 is 1.50 bits per heavy atom. The number of nitro benzene ring substituents is 1. The summed E-state index contributed by atoms with van der Waals surface area (Å²) < 4.78 is 4.92. The summed E-state index contributed by atoms with van der Waals surface area (Å²) in [5.74, 6) is 0.00737. The summed E-state index contributed by atoms with van der Waals surface area (Å²) in [6, 6.07) is 4.14. The standard InChI is InChI=1S/C13H17N3O4/c1-20-12-6-5-9(8-11(12)16(18)19)15-13(17)10-4-2-3-7-14-10/h5-6,8,10,14H,2-4,7H2,1H3,(H,15,17). The number of amides is 1. The zero-order chi connectivity index (χ0) is 14.5. The molecule has 0 radical (unpaired) electrons. The predicted octanol–water partition coefficient (Wildman–Crippen LogP) is 1.68. The van der Waals surface area contributed by atoms with Gasteiger partial charge in [0.05, 0.1) is 18.1 Å². The third-order valence-corrected chi connectivity index (χ3v) is 3.27. The van der Waals surface area contributed by atoms with Crippen molar-refractivity contribution in [2.45, 2.75) is 25.3 Å². The van der Waals surface area contributed by atoms with Crippen LogP contribution in [0.4, 0.5) is 11.4 Å². The van der Waals surface area contributed by atoms with Gasteiger partial charge in [-0.25, -0.2) is 0 Å². The van der Waals surface area contributed by atoms with Gasteiger partial charge in [-0.3, -0.25) is 14.9 Å². The average molecular weight is 279 g/mol. The van der Waals surface area contributed by atoms with E-state index in [1.165, 1.54) is 19.2 Å². The molecule has 0 bridgehead atoms. The van der Waals surface area contributed by atoms with Crippen LogP contribution in [0.1, 0.15) is 19.3 Å². The van der Waals surface area contributed by atoms with E-state index in [9.17, 15) is 14.9 Å². The molecular weight excluding hydrogens is 262 g/mol. The van der Waals surface area contributed by atoms with E-state index < -0.39 is 4.92 Å². The van der Waals surface area contributed by atoms with Gasteiger partial charge < -0.3 is 15.4 Å². The van der Waals surface area contributed by atoms with E-state index in [1.54, 1.807) is 6.07 Å². The minimum atomic E-state index is -0.534. The molecule has 108 valence electrons. The topological polar surface area (TPSA) is 93.5 Å². The molecule has 2 N–H and O–H groups in total. The first-order chi connectivity index (χ1) is 9.61. The number of ether oxygens (including phenoxy) is 1. The molecule has 1 heterocycles. The minimum Gasteiger partial charge on any atom is -0.490 e. The number of anilines is 1. The first-order valence-electron chi connectivity index (χ1n) is 6.48. The van der Waals surface area contributed by atoms with Gasteiger partial charge in [0.25, 0.3) is 0 Å². The molecule has 1 amide bonds. The predicted molar refractivity (Wildman–Crippen MR) is 73.9 cm³/mol. The molecule has 1 aromatic rings. The SMILES string of the molecule is COc1ccc(NC(=O)C2CCCCN2)cc1[N+](=O)[O-]. The number of carbonyl (C=O) groups excluding carboxylic acids is 1. The van der Waals surface area contributed by atoms with Crippen molar-refractivity contribution in [3.05, 3.63) is 28.3 Å². The van der Waals surface area contributed by atoms with Crippen LogP contribution in [0.2, 0.25) is 0 Å². The highest BCUT2D eigenvalue weighted by Crippen LogP contribution is 2.29. The Morgan fingerprint density at radius 3 is 2.90 bits per heavy atom. The first-order valence-corrected chi connectivity index (χ1v) is 6.48. The van der Waals surface area contributed by atoms with E-state index in [-0.39, 0.29) is 23.4 Å². The summed E-state index contributed by atoms with van der Waals surface area (Å²) in [5, 5.41) is 16.7. The van der Waals surface area contributed by atoms with Crippen LogP contribution in [0.3, 0.4) is 0 Å². The monoisotopic (exact) mass is 279 g/mol. The van der Waals surface area contributed by atoms with Gasteiger partial charge in [0.15, 0.2) is 5.75 Å².